The monoisotopic (exact) mass is 567 g/mol. The number of thioether (sulfide) groups is 1. The van der Waals surface area contributed by atoms with Crippen molar-refractivity contribution in [3.63, 3.8) is 0 Å². The van der Waals surface area contributed by atoms with Gasteiger partial charge in [0, 0.05) is 26.2 Å². The lowest BCUT2D eigenvalue weighted by Crippen LogP contribution is -2.15. The lowest BCUT2D eigenvalue weighted by molar-refractivity contribution is 0.509. The van der Waals surface area contributed by atoms with Gasteiger partial charge in [0.15, 0.2) is 11.0 Å². The van der Waals surface area contributed by atoms with Gasteiger partial charge in [0.1, 0.15) is 10.7 Å². The van der Waals surface area contributed by atoms with Crippen LogP contribution in [0.2, 0.25) is 10.0 Å². The van der Waals surface area contributed by atoms with Crippen LogP contribution < -0.4 is 5.56 Å². The predicted molar refractivity (Wildman–Crippen MR) is 153 cm³/mol. The van der Waals surface area contributed by atoms with Crippen molar-refractivity contribution in [2.75, 3.05) is 0 Å². The zero-order valence-corrected chi connectivity index (χ0v) is 23.3. The smallest absolute Gasteiger partial charge is 0.259 e. The molecule has 0 unspecified atom stereocenters. The fourth-order valence-corrected chi connectivity index (χ4v) is 7.29. The third kappa shape index (κ3) is 4.72. The third-order valence-corrected chi connectivity index (χ3v) is 9.38. The van der Waals surface area contributed by atoms with Crippen molar-refractivity contribution in [1.29, 1.82) is 0 Å². The number of nitrogens with one attached hydrogen (secondary N) is 1. The first kappa shape index (κ1) is 24.7. The molecule has 0 saturated carbocycles. The summed E-state index contributed by atoms with van der Waals surface area (Å²) in [6.07, 6.45) is 3.08. The van der Waals surface area contributed by atoms with Crippen LogP contribution in [0.1, 0.15) is 41.8 Å². The standard InChI is InChI=1S/C27H23Cl2N5OS2/c1-14-3-12-20-21(13-14)37-26-22(20)25(35)30-23(31-26)15(2)36-27-33-32-24(16-4-6-17(28)7-5-16)34(27)19-10-8-18(29)9-11-19/h4-11,14-15H,3,12-13H2,1-2H3,(H,30,31,35)/t14-,15+/m0/s1. The van der Waals surface area contributed by atoms with E-state index >= 15 is 0 Å². The molecule has 0 saturated heterocycles. The SMILES string of the molecule is C[C@H]1CCc2c(sc3nc([C@@H](C)Sc4nnc(-c5ccc(Cl)cc5)n4-c4ccc(Cl)cc4)[nH]c(=O)c23)C1. The summed E-state index contributed by atoms with van der Waals surface area (Å²) in [5, 5.41) is 11.6. The van der Waals surface area contributed by atoms with Crippen molar-refractivity contribution in [2.45, 2.75) is 43.5 Å². The summed E-state index contributed by atoms with van der Waals surface area (Å²) >= 11 is 15.4. The quantitative estimate of drug-likeness (QED) is 0.222. The van der Waals surface area contributed by atoms with Crippen molar-refractivity contribution in [3.05, 3.63) is 85.2 Å². The van der Waals surface area contributed by atoms with Gasteiger partial charge in [-0.25, -0.2) is 4.98 Å². The molecule has 1 aliphatic carbocycles. The minimum Gasteiger partial charge on any atom is -0.309 e. The minimum atomic E-state index is -0.163. The molecule has 2 aromatic carbocycles. The Hall–Kier alpha value is -2.65. The second kappa shape index (κ2) is 9.91. The Bertz CT molecular complexity index is 1660. The molecule has 1 N–H and O–H groups in total. The van der Waals surface area contributed by atoms with Crippen LogP contribution in [0.4, 0.5) is 0 Å². The normalized spacial score (nSPS) is 16.2. The van der Waals surface area contributed by atoms with E-state index in [-0.39, 0.29) is 10.8 Å². The third-order valence-electron chi connectivity index (χ3n) is 6.67. The minimum absolute atomic E-state index is 0.0551. The van der Waals surface area contributed by atoms with E-state index in [2.05, 4.69) is 22.1 Å². The van der Waals surface area contributed by atoms with Crippen LogP contribution in [0.15, 0.2) is 58.5 Å². The van der Waals surface area contributed by atoms with Gasteiger partial charge >= 0.3 is 0 Å². The average molecular weight is 569 g/mol. The number of aromatic amines is 1. The number of halogens is 2. The number of fused-ring (bicyclic) bond motifs is 3. The van der Waals surface area contributed by atoms with Crippen molar-refractivity contribution in [1.82, 2.24) is 24.7 Å². The highest BCUT2D eigenvalue weighted by Crippen LogP contribution is 2.39. The maximum Gasteiger partial charge on any atom is 0.259 e. The first-order chi connectivity index (χ1) is 17.9. The van der Waals surface area contributed by atoms with Gasteiger partial charge in [-0.05, 0) is 86.2 Å². The number of hydrogen-bond acceptors (Lipinski definition) is 6. The number of aromatic nitrogens is 5. The lowest BCUT2D eigenvalue weighted by atomic mass is 9.89. The molecule has 10 heteroatoms. The van der Waals surface area contributed by atoms with Gasteiger partial charge in [0.2, 0.25) is 0 Å². The summed E-state index contributed by atoms with van der Waals surface area (Å²) in [5.74, 6) is 1.96. The second-order valence-electron chi connectivity index (χ2n) is 9.37. The Morgan fingerprint density at radius 1 is 1.08 bits per heavy atom. The van der Waals surface area contributed by atoms with Crippen LogP contribution in [-0.4, -0.2) is 24.7 Å². The predicted octanol–water partition coefficient (Wildman–Crippen LogP) is 7.52. The fraction of sp³-hybridized carbons (Fsp3) is 0.259. The van der Waals surface area contributed by atoms with Crippen LogP contribution in [-0.2, 0) is 12.8 Å². The Kier molecular flexibility index (Phi) is 6.61. The van der Waals surface area contributed by atoms with Gasteiger partial charge in [-0.1, -0.05) is 41.9 Å². The van der Waals surface area contributed by atoms with E-state index in [1.165, 1.54) is 22.2 Å². The van der Waals surface area contributed by atoms with Gasteiger partial charge in [-0.3, -0.25) is 9.36 Å². The van der Waals surface area contributed by atoms with Crippen LogP contribution >= 0.6 is 46.3 Å². The molecule has 0 amide bonds. The fourth-order valence-electron chi connectivity index (χ4n) is 4.73. The summed E-state index contributed by atoms with van der Waals surface area (Å²) in [6.45, 7) is 4.29. The molecule has 0 fully saturated rings. The molecule has 2 atom stereocenters. The second-order valence-corrected chi connectivity index (χ2v) is 12.6. The average Bonchev–Trinajstić information content (AvgIpc) is 3.46. The molecule has 0 radical (unpaired) electrons. The molecule has 3 aromatic heterocycles. The molecule has 0 bridgehead atoms. The molecule has 6 rings (SSSR count). The largest absolute Gasteiger partial charge is 0.309 e. The Morgan fingerprint density at radius 3 is 2.51 bits per heavy atom. The number of aryl methyl sites for hydroxylation is 1. The number of H-pyrrole nitrogens is 1. The molecule has 3 heterocycles. The van der Waals surface area contributed by atoms with Crippen molar-refractivity contribution in [3.8, 4) is 17.1 Å². The number of benzene rings is 2. The van der Waals surface area contributed by atoms with E-state index in [0.717, 1.165) is 40.7 Å². The number of rotatable bonds is 5. The first-order valence-electron chi connectivity index (χ1n) is 12.1. The maximum atomic E-state index is 13.2. The highest BCUT2D eigenvalue weighted by molar-refractivity contribution is 7.99. The highest BCUT2D eigenvalue weighted by atomic mass is 35.5. The van der Waals surface area contributed by atoms with Crippen LogP contribution in [0, 0.1) is 5.92 Å². The first-order valence-corrected chi connectivity index (χ1v) is 14.5. The van der Waals surface area contributed by atoms with Gasteiger partial charge in [-0.2, -0.15) is 0 Å². The molecule has 188 valence electrons. The van der Waals surface area contributed by atoms with Gasteiger partial charge in [-0.15, -0.1) is 21.5 Å². The van der Waals surface area contributed by atoms with Gasteiger partial charge < -0.3 is 4.98 Å². The van der Waals surface area contributed by atoms with E-state index in [9.17, 15) is 4.79 Å². The van der Waals surface area contributed by atoms with E-state index < -0.39 is 0 Å². The van der Waals surface area contributed by atoms with Crippen molar-refractivity contribution in [2.24, 2.45) is 5.92 Å². The molecule has 1 aliphatic rings. The molecule has 6 nitrogen and oxygen atoms in total. The molecule has 0 aliphatic heterocycles. The molecule has 5 aromatic rings. The summed E-state index contributed by atoms with van der Waals surface area (Å²) in [4.78, 5) is 23.2. The van der Waals surface area contributed by atoms with Crippen molar-refractivity contribution >= 4 is 56.5 Å². The maximum absolute atomic E-state index is 13.2. The Balaban J connectivity index is 1.39. The Morgan fingerprint density at radius 2 is 1.78 bits per heavy atom. The van der Waals surface area contributed by atoms with E-state index in [1.807, 2.05) is 60.0 Å². The summed E-state index contributed by atoms with van der Waals surface area (Å²) < 4.78 is 1.99. The number of nitrogens with zero attached hydrogens (tertiary/aromatic N) is 4. The van der Waals surface area contributed by atoms with Crippen LogP contribution in [0.25, 0.3) is 27.3 Å². The van der Waals surface area contributed by atoms with Crippen LogP contribution in [0.5, 0.6) is 0 Å². The highest BCUT2D eigenvalue weighted by Gasteiger charge is 2.25. The van der Waals surface area contributed by atoms with E-state index in [1.54, 1.807) is 11.3 Å². The topological polar surface area (TPSA) is 76.5 Å². The number of thiophene rings is 1. The van der Waals surface area contributed by atoms with E-state index in [0.29, 0.717) is 32.8 Å². The van der Waals surface area contributed by atoms with Gasteiger partial charge in [0.05, 0.1) is 10.6 Å². The summed E-state index contributed by atoms with van der Waals surface area (Å²) in [5.41, 5.74) is 2.90. The zero-order chi connectivity index (χ0) is 25.7. The zero-order valence-electron chi connectivity index (χ0n) is 20.2. The molecular weight excluding hydrogens is 545 g/mol. The summed E-state index contributed by atoms with van der Waals surface area (Å²) in [6, 6.07) is 15.1. The molecular formula is C27H23Cl2N5OS2. The molecule has 37 heavy (non-hydrogen) atoms. The van der Waals surface area contributed by atoms with E-state index in [4.69, 9.17) is 28.2 Å². The lowest BCUT2D eigenvalue weighted by Gasteiger charge is -2.17. The molecule has 0 spiro atoms. The van der Waals surface area contributed by atoms with Crippen LogP contribution in [0.3, 0.4) is 0 Å². The summed E-state index contributed by atoms with van der Waals surface area (Å²) in [7, 11) is 0. The van der Waals surface area contributed by atoms with Crippen molar-refractivity contribution < 1.29 is 0 Å². The Labute approximate surface area is 232 Å². The number of hydrogen-bond donors (Lipinski definition) is 1. The van der Waals surface area contributed by atoms with Gasteiger partial charge in [0.25, 0.3) is 5.56 Å².